The van der Waals surface area contributed by atoms with Gasteiger partial charge >= 0.3 is 0 Å². The van der Waals surface area contributed by atoms with E-state index in [0.717, 1.165) is 82.9 Å². The minimum Gasteiger partial charge on any atom is -0.348 e. The number of thiazole rings is 1. The Morgan fingerprint density at radius 3 is 2.47 bits per heavy atom. The molecule has 2 amide bonds. The van der Waals surface area contributed by atoms with Crippen LogP contribution in [0.15, 0.2) is 11.1 Å². The molecule has 2 aromatic heterocycles. The predicted molar refractivity (Wildman–Crippen MR) is 132 cm³/mol. The summed E-state index contributed by atoms with van der Waals surface area (Å²) in [7, 11) is 0. The molecule has 3 aliphatic heterocycles. The fraction of sp³-hybridized carbons (Fsp3) is 0.708. The van der Waals surface area contributed by atoms with Crippen molar-refractivity contribution in [3.05, 3.63) is 16.7 Å². The van der Waals surface area contributed by atoms with Gasteiger partial charge in [-0.3, -0.25) is 19.0 Å². The van der Waals surface area contributed by atoms with Crippen molar-refractivity contribution in [2.45, 2.75) is 58.4 Å². The fourth-order valence-electron chi connectivity index (χ4n) is 5.43. The average Bonchev–Trinajstić information content (AvgIpc) is 3.31. The highest BCUT2D eigenvalue weighted by Gasteiger charge is 2.30. The molecule has 1 unspecified atom stereocenters. The largest absolute Gasteiger partial charge is 0.348 e. The third kappa shape index (κ3) is 4.82. The second-order valence-corrected chi connectivity index (χ2v) is 11.0. The van der Waals surface area contributed by atoms with Crippen LogP contribution in [0.3, 0.4) is 0 Å². The third-order valence-corrected chi connectivity index (χ3v) is 8.56. The molecule has 10 heteroatoms. The molecule has 0 N–H and O–H groups in total. The Bertz CT molecular complexity index is 1100. The first-order valence-corrected chi connectivity index (χ1v) is 13.5. The molecule has 2 aromatic rings. The van der Waals surface area contributed by atoms with Crippen LogP contribution in [0.5, 0.6) is 0 Å². The number of nitrogens with zero attached hydrogens (tertiary/aromatic N) is 6. The van der Waals surface area contributed by atoms with Crippen LogP contribution in [0.4, 0.5) is 5.13 Å². The van der Waals surface area contributed by atoms with Gasteiger partial charge in [0.05, 0.1) is 0 Å². The molecule has 9 nitrogen and oxygen atoms in total. The van der Waals surface area contributed by atoms with Crippen LogP contribution in [0.1, 0.15) is 51.9 Å². The minimum absolute atomic E-state index is 0.0196. The number of likely N-dealkylation sites (tertiary alicyclic amines) is 2. The van der Waals surface area contributed by atoms with Crippen molar-refractivity contribution in [1.29, 1.82) is 0 Å². The molecule has 184 valence electrons. The first kappa shape index (κ1) is 23.3. The summed E-state index contributed by atoms with van der Waals surface area (Å²) in [5.41, 5.74) is 0.231. The van der Waals surface area contributed by atoms with Crippen molar-refractivity contribution in [3.8, 4) is 0 Å². The molecule has 3 fully saturated rings. The number of carbonyl (C=O) groups is 2. The minimum atomic E-state index is -0.206. The van der Waals surface area contributed by atoms with Crippen molar-refractivity contribution < 1.29 is 9.59 Å². The average molecular weight is 487 g/mol. The zero-order valence-corrected chi connectivity index (χ0v) is 20.8. The summed E-state index contributed by atoms with van der Waals surface area (Å²) in [5.74, 6) is 0.863. The van der Waals surface area contributed by atoms with E-state index in [4.69, 9.17) is 0 Å². The van der Waals surface area contributed by atoms with E-state index in [0.29, 0.717) is 22.2 Å². The summed E-state index contributed by atoms with van der Waals surface area (Å²) in [6, 6.07) is 0. The summed E-state index contributed by atoms with van der Waals surface area (Å²) in [5, 5.41) is 0.775. The maximum Gasteiger partial charge on any atom is 0.273 e. The molecule has 0 radical (unpaired) electrons. The number of carbonyl (C=O) groups excluding carboxylic acids is 2. The molecule has 0 aliphatic carbocycles. The summed E-state index contributed by atoms with van der Waals surface area (Å²) in [6.07, 6.45) is 8.68. The van der Waals surface area contributed by atoms with Gasteiger partial charge in [-0.2, -0.15) is 4.98 Å². The van der Waals surface area contributed by atoms with Crippen molar-refractivity contribution in [1.82, 2.24) is 24.3 Å². The van der Waals surface area contributed by atoms with Crippen LogP contribution in [-0.2, 0) is 16.1 Å². The lowest BCUT2D eigenvalue weighted by atomic mass is 9.94. The summed E-state index contributed by atoms with van der Waals surface area (Å²) in [4.78, 5) is 53.7. The number of anilines is 1. The normalized spacial score (nSPS) is 22.4. The third-order valence-electron chi connectivity index (χ3n) is 7.47. The molecular formula is C24H34N6O3S. The van der Waals surface area contributed by atoms with Gasteiger partial charge in [0.1, 0.15) is 17.6 Å². The number of fused-ring (bicyclic) bond motifs is 1. The number of amides is 2. The first-order chi connectivity index (χ1) is 16.5. The Morgan fingerprint density at radius 2 is 1.74 bits per heavy atom. The summed E-state index contributed by atoms with van der Waals surface area (Å²) < 4.78 is 1.90. The van der Waals surface area contributed by atoms with E-state index in [9.17, 15) is 14.4 Å². The smallest absolute Gasteiger partial charge is 0.273 e. The first-order valence-electron chi connectivity index (χ1n) is 12.7. The molecular weight excluding hydrogens is 452 g/mol. The van der Waals surface area contributed by atoms with Gasteiger partial charge in [0.25, 0.3) is 5.56 Å². The van der Waals surface area contributed by atoms with Gasteiger partial charge in [-0.25, -0.2) is 4.98 Å². The van der Waals surface area contributed by atoms with Gasteiger partial charge < -0.3 is 14.7 Å². The highest BCUT2D eigenvalue weighted by atomic mass is 32.1. The van der Waals surface area contributed by atoms with Crippen molar-refractivity contribution >= 4 is 38.6 Å². The van der Waals surface area contributed by atoms with Crippen molar-refractivity contribution in [2.24, 2.45) is 11.8 Å². The second kappa shape index (κ2) is 10.0. The highest BCUT2D eigenvalue weighted by molar-refractivity contribution is 7.22. The number of aromatic nitrogens is 3. The predicted octanol–water partition coefficient (Wildman–Crippen LogP) is 2.34. The zero-order valence-electron chi connectivity index (χ0n) is 19.9. The Morgan fingerprint density at radius 1 is 1.00 bits per heavy atom. The van der Waals surface area contributed by atoms with Crippen LogP contribution in [0.25, 0.3) is 10.3 Å². The van der Waals surface area contributed by atoms with Gasteiger partial charge in [0, 0.05) is 45.2 Å². The Balaban J connectivity index is 1.24. The Kier molecular flexibility index (Phi) is 6.85. The molecule has 3 saturated heterocycles. The Labute approximate surface area is 203 Å². The van der Waals surface area contributed by atoms with E-state index in [-0.39, 0.29) is 23.9 Å². The van der Waals surface area contributed by atoms with E-state index in [2.05, 4.69) is 21.8 Å². The molecule has 0 aromatic carbocycles. The molecule has 1 atom stereocenters. The van der Waals surface area contributed by atoms with E-state index >= 15 is 0 Å². The Hall–Kier alpha value is -2.49. The summed E-state index contributed by atoms with van der Waals surface area (Å²) >= 11 is 1.34. The number of rotatable bonds is 4. The van der Waals surface area contributed by atoms with Gasteiger partial charge in [-0.15, -0.1) is 0 Å². The highest BCUT2D eigenvalue weighted by Crippen LogP contribution is 2.30. The monoisotopic (exact) mass is 486 g/mol. The second-order valence-electron chi connectivity index (χ2n) is 10.1. The standard InChI is InChI=1S/C24H34N6O3S/c1-17-6-5-11-29(14-17)19(31)15-30-16-25-21-20(23(30)33)34-24(26-21)28-12-7-18(8-13-28)22(32)27-9-3-2-4-10-27/h16-18H,2-15H2,1H3. The van der Waals surface area contributed by atoms with E-state index in [1.165, 1.54) is 28.7 Å². The fourth-order valence-corrected chi connectivity index (χ4v) is 6.46. The molecule has 5 heterocycles. The quantitative estimate of drug-likeness (QED) is 0.659. The maximum absolute atomic E-state index is 13.1. The molecule has 5 rings (SSSR count). The molecule has 0 bridgehead atoms. The maximum atomic E-state index is 13.1. The number of piperidine rings is 3. The van der Waals surface area contributed by atoms with Gasteiger partial charge in [-0.1, -0.05) is 18.3 Å². The topological polar surface area (TPSA) is 91.6 Å². The van der Waals surface area contributed by atoms with Gasteiger partial charge in [0.15, 0.2) is 10.8 Å². The van der Waals surface area contributed by atoms with Gasteiger partial charge in [-0.05, 0) is 50.9 Å². The SMILES string of the molecule is CC1CCCN(C(=O)Cn2cnc3nc(N4CCC(C(=O)N5CCCCC5)CC4)sc3c2=O)C1. The zero-order chi connectivity index (χ0) is 23.7. The lowest BCUT2D eigenvalue weighted by Crippen LogP contribution is -2.44. The van der Waals surface area contributed by atoms with Crippen molar-refractivity contribution in [2.75, 3.05) is 44.2 Å². The molecule has 0 saturated carbocycles. The number of hydrogen-bond acceptors (Lipinski definition) is 7. The molecule has 3 aliphatic rings. The van der Waals surface area contributed by atoms with Gasteiger partial charge in [0.2, 0.25) is 11.8 Å². The van der Waals surface area contributed by atoms with Crippen LogP contribution in [0.2, 0.25) is 0 Å². The van der Waals surface area contributed by atoms with Crippen LogP contribution in [-0.4, -0.2) is 75.4 Å². The van der Waals surface area contributed by atoms with E-state index < -0.39 is 0 Å². The van der Waals surface area contributed by atoms with Crippen molar-refractivity contribution in [3.63, 3.8) is 0 Å². The van der Waals surface area contributed by atoms with Crippen LogP contribution in [0, 0.1) is 11.8 Å². The van der Waals surface area contributed by atoms with Crippen LogP contribution >= 0.6 is 11.3 Å². The lowest BCUT2D eigenvalue weighted by Gasteiger charge is -2.35. The van der Waals surface area contributed by atoms with Crippen LogP contribution < -0.4 is 10.5 Å². The lowest BCUT2D eigenvalue weighted by molar-refractivity contribution is -0.137. The molecule has 34 heavy (non-hydrogen) atoms. The molecule has 0 spiro atoms. The summed E-state index contributed by atoms with van der Waals surface area (Å²) in [6.45, 7) is 6.99. The van der Waals surface area contributed by atoms with E-state index in [1.807, 2.05) is 9.80 Å². The number of hydrogen-bond donors (Lipinski definition) is 0. The van der Waals surface area contributed by atoms with E-state index in [1.54, 1.807) is 0 Å².